The monoisotopic (exact) mass is 447 g/mol. The Morgan fingerprint density at radius 1 is 0.906 bits per heavy atom. The molecule has 0 spiro atoms. The molecule has 1 aromatic carbocycles. The van der Waals surface area contributed by atoms with Crippen molar-refractivity contribution in [3.63, 3.8) is 0 Å². The van der Waals surface area contributed by atoms with Crippen LogP contribution in [0.25, 0.3) is 0 Å². The van der Waals surface area contributed by atoms with Crippen LogP contribution in [0.4, 0.5) is 10.5 Å². The fraction of sp³-hybridized carbons (Fsp3) is 0.667. The Kier molecular flexibility index (Phi) is 6.86. The number of benzene rings is 1. The number of hydrogen-bond acceptors (Lipinski definition) is 6. The number of carbonyl (C=O) groups excluding carboxylic acids is 2. The predicted octanol–water partition coefficient (Wildman–Crippen LogP) is 4.62. The number of carbonyl (C=O) groups is 2. The van der Waals surface area contributed by atoms with Gasteiger partial charge in [-0.15, -0.1) is 0 Å². The number of esters is 1. The summed E-state index contributed by atoms with van der Waals surface area (Å²) in [6.07, 6.45) is -0.531. The second-order valence-corrected chi connectivity index (χ2v) is 11.3. The minimum atomic E-state index is -0.701. The van der Waals surface area contributed by atoms with Crippen LogP contribution in [0.15, 0.2) is 12.1 Å². The lowest BCUT2D eigenvalue weighted by atomic mass is 9.74. The van der Waals surface area contributed by atoms with Crippen LogP contribution in [0.2, 0.25) is 0 Å². The molecule has 1 heterocycles. The quantitative estimate of drug-likeness (QED) is 0.497. The Balaban J connectivity index is 2.58. The maximum Gasteiger partial charge on any atom is 0.495 e. The highest BCUT2D eigenvalue weighted by Gasteiger charge is 2.52. The summed E-state index contributed by atoms with van der Waals surface area (Å²) >= 11 is 0. The van der Waals surface area contributed by atoms with Crippen molar-refractivity contribution in [2.24, 2.45) is 0 Å². The van der Waals surface area contributed by atoms with Gasteiger partial charge in [-0.1, -0.05) is 0 Å². The molecule has 2 rings (SSSR count). The molecule has 178 valence electrons. The largest absolute Gasteiger partial charge is 0.495 e. The lowest BCUT2D eigenvalue weighted by molar-refractivity contribution is 0.00578. The number of rotatable bonds is 3. The second kappa shape index (κ2) is 8.38. The third-order valence-corrected chi connectivity index (χ3v) is 5.61. The Hall–Kier alpha value is -2.06. The Morgan fingerprint density at radius 2 is 1.38 bits per heavy atom. The third-order valence-electron chi connectivity index (χ3n) is 5.61. The first-order valence-corrected chi connectivity index (χ1v) is 10.9. The zero-order valence-electron chi connectivity index (χ0n) is 21.6. The van der Waals surface area contributed by atoms with Gasteiger partial charge in [0.2, 0.25) is 0 Å². The molecular weight excluding hydrogens is 409 g/mol. The normalized spacial score (nSPS) is 17.8. The van der Waals surface area contributed by atoms with E-state index in [2.05, 4.69) is 0 Å². The van der Waals surface area contributed by atoms with E-state index in [1.807, 2.05) is 55.4 Å². The van der Waals surface area contributed by atoms with Crippen molar-refractivity contribution < 1.29 is 28.4 Å². The van der Waals surface area contributed by atoms with Crippen molar-refractivity contribution in [2.75, 3.05) is 11.9 Å². The van der Waals surface area contributed by atoms with Crippen molar-refractivity contribution in [3.8, 4) is 0 Å². The number of ether oxygens (including phenoxy) is 2. The van der Waals surface area contributed by atoms with E-state index < -0.39 is 41.6 Å². The van der Waals surface area contributed by atoms with E-state index in [-0.39, 0.29) is 0 Å². The van der Waals surface area contributed by atoms with Gasteiger partial charge in [-0.25, -0.2) is 9.59 Å². The van der Waals surface area contributed by atoms with Crippen molar-refractivity contribution in [3.05, 3.63) is 23.3 Å². The molecule has 8 heteroatoms. The van der Waals surface area contributed by atoms with Crippen LogP contribution in [0.5, 0.6) is 0 Å². The van der Waals surface area contributed by atoms with E-state index in [1.165, 1.54) is 4.90 Å². The summed E-state index contributed by atoms with van der Waals surface area (Å²) in [5.41, 5.74) is -0.254. The molecule has 0 atom stereocenters. The van der Waals surface area contributed by atoms with Crippen molar-refractivity contribution in [1.82, 2.24) is 0 Å². The number of anilines is 1. The summed E-state index contributed by atoms with van der Waals surface area (Å²) in [7, 11) is 0.902. The van der Waals surface area contributed by atoms with E-state index in [0.29, 0.717) is 22.3 Å². The molecular formula is C24H38BNO6. The lowest BCUT2D eigenvalue weighted by Crippen LogP contribution is -2.41. The maximum atomic E-state index is 13.0. The first-order valence-electron chi connectivity index (χ1n) is 10.9. The lowest BCUT2D eigenvalue weighted by Gasteiger charge is -2.32. The number of amides is 1. The van der Waals surface area contributed by atoms with E-state index in [4.69, 9.17) is 18.8 Å². The molecule has 7 nitrogen and oxygen atoms in total. The highest BCUT2D eigenvalue weighted by molar-refractivity contribution is 6.63. The van der Waals surface area contributed by atoms with Crippen LogP contribution in [-0.2, 0) is 18.8 Å². The molecule has 0 aliphatic carbocycles. The van der Waals surface area contributed by atoms with Gasteiger partial charge < -0.3 is 18.8 Å². The molecule has 1 aliphatic heterocycles. The molecule has 32 heavy (non-hydrogen) atoms. The summed E-state index contributed by atoms with van der Waals surface area (Å²) < 4.78 is 23.6. The maximum absolute atomic E-state index is 13.0. The second-order valence-electron chi connectivity index (χ2n) is 11.3. The fourth-order valence-electron chi connectivity index (χ4n) is 3.11. The molecule has 0 N–H and O–H groups in total. The molecule has 1 amide bonds. The third kappa shape index (κ3) is 5.84. The van der Waals surface area contributed by atoms with E-state index in [1.54, 1.807) is 40.0 Å². The van der Waals surface area contributed by atoms with Crippen LogP contribution < -0.4 is 10.4 Å². The fourth-order valence-corrected chi connectivity index (χ4v) is 3.11. The van der Waals surface area contributed by atoms with Gasteiger partial charge in [0.05, 0.1) is 16.8 Å². The first-order chi connectivity index (χ1) is 14.2. The number of nitrogens with zero attached hydrogens (tertiary/aromatic N) is 1. The minimum Gasteiger partial charge on any atom is -0.456 e. The van der Waals surface area contributed by atoms with Gasteiger partial charge in [-0.2, -0.15) is 0 Å². The Bertz CT molecular complexity index is 879. The van der Waals surface area contributed by atoms with E-state index in [0.717, 1.165) is 0 Å². The summed E-state index contributed by atoms with van der Waals surface area (Å²) in [6, 6.07) is 3.44. The zero-order valence-corrected chi connectivity index (χ0v) is 21.6. The van der Waals surface area contributed by atoms with E-state index in [9.17, 15) is 9.59 Å². The van der Waals surface area contributed by atoms with Gasteiger partial charge in [-0.3, -0.25) is 4.90 Å². The molecule has 0 saturated carbocycles. The minimum absolute atomic E-state index is 0.345. The summed E-state index contributed by atoms with van der Waals surface area (Å²) in [6.45, 7) is 20.5. The highest BCUT2D eigenvalue weighted by Crippen LogP contribution is 2.37. The topological polar surface area (TPSA) is 74.3 Å². The van der Waals surface area contributed by atoms with Crippen LogP contribution in [0.3, 0.4) is 0 Å². The smallest absolute Gasteiger partial charge is 0.456 e. The average molecular weight is 447 g/mol. The molecule has 1 aromatic rings. The average Bonchev–Trinajstić information content (AvgIpc) is 2.78. The van der Waals surface area contributed by atoms with Gasteiger partial charge in [0.1, 0.15) is 11.2 Å². The summed E-state index contributed by atoms with van der Waals surface area (Å²) in [4.78, 5) is 27.1. The van der Waals surface area contributed by atoms with Crippen LogP contribution in [0, 0.1) is 6.92 Å². The van der Waals surface area contributed by atoms with Gasteiger partial charge in [0.15, 0.2) is 0 Å². The van der Waals surface area contributed by atoms with Gasteiger partial charge in [-0.05, 0) is 99.3 Å². The molecule has 0 bridgehead atoms. The molecule has 0 aromatic heterocycles. The van der Waals surface area contributed by atoms with Crippen molar-refractivity contribution in [2.45, 2.75) is 98.6 Å². The first kappa shape index (κ1) is 26.2. The van der Waals surface area contributed by atoms with E-state index >= 15 is 0 Å². The highest BCUT2D eigenvalue weighted by atomic mass is 16.7. The summed E-state index contributed by atoms with van der Waals surface area (Å²) in [5.74, 6) is -0.479. The molecule has 0 radical (unpaired) electrons. The number of hydrogen-bond donors (Lipinski definition) is 0. The van der Waals surface area contributed by atoms with Gasteiger partial charge in [0, 0.05) is 12.7 Å². The van der Waals surface area contributed by atoms with Gasteiger partial charge >= 0.3 is 19.2 Å². The van der Waals surface area contributed by atoms with Crippen LogP contribution >= 0.6 is 0 Å². The Morgan fingerprint density at radius 3 is 1.81 bits per heavy atom. The summed E-state index contributed by atoms with van der Waals surface area (Å²) in [5, 5.41) is 0. The molecule has 1 fully saturated rings. The molecule has 0 unspecified atom stereocenters. The standard InChI is InChI=1S/C24H38BNO6/c1-15-17(19(27)29-21(2,3)4)13-16(26(12)20(28)30-22(5,6)7)14-18(15)25-31-23(8,9)24(10,11)32-25/h13-14H,1-12H3. The Labute approximate surface area is 192 Å². The molecule has 1 saturated heterocycles. The van der Waals surface area contributed by atoms with Gasteiger partial charge in [0.25, 0.3) is 0 Å². The van der Waals surface area contributed by atoms with Crippen LogP contribution in [0.1, 0.15) is 85.2 Å². The molecule has 1 aliphatic rings. The predicted molar refractivity (Wildman–Crippen MR) is 127 cm³/mol. The SMILES string of the molecule is Cc1c(B2OC(C)(C)C(C)(C)O2)cc(N(C)C(=O)OC(C)(C)C)cc1C(=O)OC(C)(C)C. The van der Waals surface area contributed by atoms with Crippen LogP contribution in [-0.4, -0.2) is 48.6 Å². The zero-order chi connectivity index (χ0) is 24.9. The van der Waals surface area contributed by atoms with Crippen molar-refractivity contribution in [1.29, 1.82) is 0 Å². The van der Waals surface area contributed by atoms with Crippen molar-refractivity contribution >= 4 is 30.3 Å².